The van der Waals surface area contributed by atoms with Gasteiger partial charge in [-0.25, -0.2) is 0 Å². The van der Waals surface area contributed by atoms with Gasteiger partial charge in [-0.05, 0) is 18.9 Å². The van der Waals surface area contributed by atoms with Crippen LogP contribution in [-0.2, 0) is 7.05 Å². The molecule has 18 heavy (non-hydrogen) atoms. The van der Waals surface area contributed by atoms with Crippen LogP contribution in [0.3, 0.4) is 0 Å². The number of hydrogen-bond acceptors (Lipinski definition) is 2. The summed E-state index contributed by atoms with van der Waals surface area (Å²) in [4.78, 5) is 0. The number of aryl methyl sites for hydroxylation is 1. The van der Waals surface area contributed by atoms with Crippen molar-refractivity contribution in [3.8, 4) is 17.0 Å². The molecule has 3 rings (SSSR count). The van der Waals surface area contributed by atoms with E-state index in [0.29, 0.717) is 6.04 Å². The maximum atomic E-state index is 5.48. The van der Waals surface area contributed by atoms with Gasteiger partial charge < -0.3 is 9.30 Å². The number of methoxy groups -OCH3 is 1. The van der Waals surface area contributed by atoms with Crippen LogP contribution in [0.25, 0.3) is 11.3 Å². The van der Waals surface area contributed by atoms with Crippen molar-refractivity contribution in [2.24, 2.45) is 7.05 Å². The van der Waals surface area contributed by atoms with Crippen LogP contribution in [-0.4, -0.2) is 21.5 Å². The molecule has 0 N–H and O–H groups in total. The molecule has 1 fully saturated rings. The van der Waals surface area contributed by atoms with Crippen LogP contribution in [0.1, 0.15) is 31.7 Å². The van der Waals surface area contributed by atoms with Gasteiger partial charge >= 0.3 is 0 Å². The highest BCUT2D eigenvalue weighted by molar-refractivity contribution is 5.66. The molecule has 1 aliphatic carbocycles. The molecule has 4 heteroatoms. The minimum absolute atomic E-state index is 0.636. The maximum Gasteiger partial charge on any atom is 0.145 e. The van der Waals surface area contributed by atoms with E-state index in [1.54, 1.807) is 7.11 Å². The Morgan fingerprint density at radius 1 is 1.28 bits per heavy atom. The number of nitrogens with zero attached hydrogens (tertiary/aromatic N) is 3. The van der Waals surface area contributed by atoms with E-state index in [1.807, 2.05) is 24.0 Å². The zero-order valence-electron chi connectivity index (χ0n) is 11.0. The van der Waals surface area contributed by atoms with Crippen molar-refractivity contribution in [3.63, 3.8) is 0 Å². The molecule has 0 saturated heterocycles. The third-order valence-electron chi connectivity index (χ3n) is 3.77. The zero-order valence-corrected chi connectivity index (χ0v) is 11.0. The van der Waals surface area contributed by atoms with Gasteiger partial charge in [-0.3, -0.25) is 4.68 Å². The van der Waals surface area contributed by atoms with E-state index in [9.17, 15) is 0 Å². The Kier molecular flexibility index (Phi) is 2.86. The summed E-state index contributed by atoms with van der Waals surface area (Å²) in [6.45, 7) is 0. The van der Waals surface area contributed by atoms with Crippen molar-refractivity contribution in [3.05, 3.63) is 24.7 Å². The first-order valence-corrected chi connectivity index (χ1v) is 6.53. The van der Waals surface area contributed by atoms with E-state index < -0.39 is 0 Å². The van der Waals surface area contributed by atoms with Gasteiger partial charge in [0.05, 0.1) is 18.4 Å². The molecule has 0 unspecified atom stereocenters. The van der Waals surface area contributed by atoms with E-state index in [2.05, 4.69) is 22.1 Å². The molecule has 96 valence electrons. The van der Waals surface area contributed by atoms with Crippen LogP contribution in [0.4, 0.5) is 0 Å². The number of rotatable bonds is 3. The first-order valence-electron chi connectivity index (χ1n) is 6.53. The molecule has 2 aromatic heterocycles. The lowest BCUT2D eigenvalue weighted by molar-refractivity contribution is 0.412. The second-order valence-corrected chi connectivity index (χ2v) is 5.00. The second-order valence-electron chi connectivity index (χ2n) is 5.00. The Hall–Kier alpha value is -1.71. The lowest BCUT2D eigenvalue weighted by Gasteiger charge is -2.10. The molecule has 0 aliphatic heterocycles. The fraction of sp³-hybridized carbons (Fsp3) is 0.500. The number of hydrogen-bond donors (Lipinski definition) is 0. The summed E-state index contributed by atoms with van der Waals surface area (Å²) in [5.74, 6) is 0.917. The van der Waals surface area contributed by atoms with E-state index >= 15 is 0 Å². The topological polar surface area (TPSA) is 32.0 Å². The monoisotopic (exact) mass is 245 g/mol. The zero-order chi connectivity index (χ0) is 12.5. The maximum absolute atomic E-state index is 5.48. The van der Waals surface area contributed by atoms with Gasteiger partial charge in [0.1, 0.15) is 5.75 Å². The molecule has 0 radical (unpaired) electrons. The van der Waals surface area contributed by atoms with Gasteiger partial charge in [-0.15, -0.1) is 0 Å². The van der Waals surface area contributed by atoms with Gasteiger partial charge in [0, 0.05) is 31.7 Å². The Balaban J connectivity index is 1.98. The first kappa shape index (κ1) is 11.4. The number of ether oxygens (including phenoxy) is 1. The molecule has 0 aromatic carbocycles. The van der Waals surface area contributed by atoms with E-state index in [1.165, 1.54) is 25.7 Å². The van der Waals surface area contributed by atoms with Crippen molar-refractivity contribution in [1.82, 2.24) is 14.3 Å². The summed E-state index contributed by atoms with van der Waals surface area (Å²) < 4.78 is 9.60. The lowest BCUT2D eigenvalue weighted by atomic mass is 10.2. The molecule has 0 amide bonds. The van der Waals surface area contributed by atoms with E-state index in [0.717, 1.165) is 17.0 Å². The minimum atomic E-state index is 0.636. The minimum Gasteiger partial charge on any atom is -0.494 e. The predicted octanol–water partition coefficient (Wildman–Crippen LogP) is 3.01. The Morgan fingerprint density at radius 3 is 2.67 bits per heavy atom. The summed E-state index contributed by atoms with van der Waals surface area (Å²) in [6, 6.07) is 2.66. The third kappa shape index (κ3) is 1.92. The molecule has 1 saturated carbocycles. The first-order chi connectivity index (χ1) is 8.78. The highest BCUT2D eigenvalue weighted by atomic mass is 16.5. The molecular formula is C14H19N3O. The van der Waals surface area contributed by atoms with Crippen molar-refractivity contribution < 1.29 is 4.74 Å². The van der Waals surface area contributed by atoms with Crippen LogP contribution >= 0.6 is 0 Å². The summed E-state index contributed by atoms with van der Waals surface area (Å²) >= 11 is 0. The molecule has 1 aliphatic rings. The third-order valence-corrected chi connectivity index (χ3v) is 3.77. The summed E-state index contributed by atoms with van der Waals surface area (Å²) in [5.41, 5.74) is 2.07. The highest BCUT2D eigenvalue weighted by Gasteiger charge is 2.20. The van der Waals surface area contributed by atoms with Crippen molar-refractivity contribution in [2.75, 3.05) is 7.11 Å². The average molecular weight is 245 g/mol. The Labute approximate surface area is 107 Å². The summed E-state index contributed by atoms with van der Waals surface area (Å²) in [5, 5.41) is 4.45. The molecule has 2 aromatic rings. The van der Waals surface area contributed by atoms with Crippen molar-refractivity contribution >= 4 is 0 Å². The molecular weight excluding hydrogens is 226 g/mol. The fourth-order valence-corrected chi connectivity index (χ4v) is 2.78. The smallest absolute Gasteiger partial charge is 0.145 e. The Bertz CT molecular complexity index is 535. The predicted molar refractivity (Wildman–Crippen MR) is 70.7 cm³/mol. The quantitative estimate of drug-likeness (QED) is 0.832. The van der Waals surface area contributed by atoms with Crippen molar-refractivity contribution in [1.29, 1.82) is 0 Å². The Morgan fingerprint density at radius 2 is 2.06 bits per heavy atom. The second kappa shape index (κ2) is 4.52. The van der Waals surface area contributed by atoms with Gasteiger partial charge in [0.15, 0.2) is 0 Å². The fourth-order valence-electron chi connectivity index (χ4n) is 2.78. The highest BCUT2D eigenvalue weighted by Crippen LogP contribution is 2.36. The van der Waals surface area contributed by atoms with Gasteiger partial charge in [-0.2, -0.15) is 5.10 Å². The van der Waals surface area contributed by atoms with E-state index in [4.69, 9.17) is 4.74 Å². The standard InChI is InChI=1S/C14H19N3O/c1-16-8-7-13(15-16)12-9-17(10-14(12)18-2)11-5-3-4-6-11/h7-11H,3-6H2,1-2H3. The number of aromatic nitrogens is 3. The molecule has 0 bridgehead atoms. The van der Waals surface area contributed by atoms with Crippen LogP contribution in [0.5, 0.6) is 5.75 Å². The van der Waals surface area contributed by atoms with Crippen LogP contribution < -0.4 is 4.74 Å². The van der Waals surface area contributed by atoms with Crippen LogP contribution in [0.2, 0.25) is 0 Å². The summed E-state index contributed by atoms with van der Waals surface area (Å²) in [7, 11) is 3.66. The van der Waals surface area contributed by atoms with E-state index in [-0.39, 0.29) is 0 Å². The summed E-state index contributed by atoms with van der Waals surface area (Å²) in [6.07, 6.45) is 11.5. The van der Waals surface area contributed by atoms with Gasteiger partial charge in [0.2, 0.25) is 0 Å². The lowest BCUT2D eigenvalue weighted by Crippen LogP contribution is -2.00. The van der Waals surface area contributed by atoms with Crippen LogP contribution in [0, 0.1) is 0 Å². The molecule has 2 heterocycles. The van der Waals surface area contributed by atoms with Gasteiger partial charge in [-0.1, -0.05) is 12.8 Å². The average Bonchev–Trinajstić information content (AvgIpc) is 3.07. The molecule has 0 spiro atoms. The van der Waals surface area contributed by atoms with Crippen molar-refractivity contribution in [2.45, 2.75) is 31.7 Å². The molecule has 4 nitrogen and oxygen atoms in total. The normalized spacial score (nSPS) is 16.3. The SMILES string of the molecule is COc1cn(C2CCCC2)cc1-c1ccn(C)n1. The molecule has 0 atom stereocenters. The van der Waals surface area contributed by atoms with Crippen LogP contribution in [0.15, 0.2) is 24.7 Å². The largest absolute Gasteiger partial charge is 0.494 e. The van der Waals surface area contributed by atoms with Gasteiger partial charge in [0.25, 0.3) is 0 Å².